The highest BCUT2D eigenvalue weighted by Gasteiger charge is 2.38. The first-order valence-electron chi connectivity index (χ1n) is 9.58. The lowest BCUT2D eigenvalue weighted by molar-refractivity contribution is -0.138. The summed E-state index contributed by atoms with van der Waals surface area (Å²) in [6.07, 6.45) is -3.51. The van der Waals surface area contributed by atoms with E-state index in [4.69, 9.17) is 16.3 Å². The van der Waals surface area contributed by atoms with E-state index in [0.717, 1.165) is 18.2 Å². The van der Waals surface area contributed by atoms with Crippen LogP contribution in [0.4, 0.5) is 23.4 Å². The first kappa shape index (κ1) is 23.6. The second-order valence-electron chi connectivity index (χ2n) is 6.81. The molecule has 32 heavy (non-hydrogen) atoms. The molecule has 2 heterocycles. The summed E-state index contributed by atoms with van der Waals surface area (Å²) >= 11 is 6.26. The van der Waals surface area contributed by atoms with Crippen LogP contribution in [0.3, 0.4) is 0 Å². The van der Waals surface area contributed by atoms with Gasteiger partial charge in [0.05, 0.1) is 28.3 Å². The maximum Gasteiger partial charge on any atom is 0.417 e. The number of amidine groups is 1. The topological polar surface area (TPSA) is 78.3 Å². The van der Waals surface area contributed by atoms with Gasteiger partial charge in [0.2, 0.25) is 0 Å². The molecule has 3 rings (SSSR count). The van der Waals surface area contributed by atoms with Gasteiger partial charge >= 0.3 is 12.1 Å². The van der Waals surface area contributed by atoms with E-state index in [1.807, 2.05) is 0 Å². The molecule has 0 spiro atoms. The molecule has 1 aliphatic rings. The Morgan fingerprint density at radius 3 is 2.53 bits per heavy atom. The summed E-state index contributed by atoms with van der Waals surface area (Å²) in [6, 6.07) is 3.97. The van der Waals surface area contributed by atoms with E-state index in [2.05, 4.69) is 10.1 Å². The molecule has 1 N–H and O–H groups in total. The van der Waals surface area contributed by atoms with Gasteiger partial charge in [0.1, 0.15) is 11.6 Å². The minimum absolute atomic E-state index is 0.114. The molecule has 0 amide bonds. The molecular formula is C20H19ClF4N4O3. The Balaban J connectivity index is 1.78. The van der Waals surface area contributed by atoms with Crippen molar-refractivity contribution >= 4 is 29.2 Å². The maximum absolute atomic E-state index is 14.3. The minimum Gasteiger partial charge on any atom is -0.462 e. The van der Waals surface area contributed by atoms with E-state index in [-0.39, 0.29) is 43.4 Å². The molecule has 0 atom stereocenters. The lowest BCUT2D eigenvalue weighted by atomic mass is 10.0. The number of carbonyl (C=O) groups is 1. The summed E-state index contributed by atoms with van der Waals surface area (Å²) < 4.78 is 59.3. The van der Waals surface area contributed by atoms with E-state index in [0.29, 0.717) is 5.82 Å². The van der Waals surface area contributed by atoms with Crippen LogP contribution in [-0.4, -0.2) is 59.7 Å². The van der Waals surface area contributed by atoms with Gasteiger partial charge in [0.15, 0.2) is 5.84 Å². The smallest absolute Gasteiger partial charge is 0.417 e. The highest BCUT2D eigenvalue weighted by molar-refractivity contribution is 6.33. The summed E-state index contributed by atoms with van der Waals surface area (Å²) in [7, 11) is 0. The van der Waals surface area contributed by atoms with Gasteiger partial charge in [-0.1, -0.05) is 22.8 Å². The predicted octanol–water partition coefficient (Wildman–Crippen LogP) is 4.03. The van der Waals surface area contributed by atoms with Crippen molar-refractivity contribution in [1.29, 1.82) is 0 Å². The number of piperazine rings is 1. The number of hydrogen-bond acceptors (Lipinski definition) is 6. The fourth-order valence-corrected chi connectivity index (χ4v) is 3.66. The number of aromatic nitrogens is 1. The van der Waals surface area contributed by atoms with Gasteiger partial charge in [-0.25, -0.2) is 14.2 Å². The zero-order chi connectivity index (χ0) is 23.5. The zero-order valence-corrected chi connectivity index (χ0v) is 17.6. The van der Waals surface area contributed by atoms with Crippen LogP contribution in [0.5, 0.6) is 0 Å². The van der Waals surface area contributed by atoms with Crippen LogP contribution < -0.4 is 4.90 Å². The number of alkyl halides is 3. The fraction of sp³-hybridized carbons (Fsp3) is 0.350. The molecule has 1 fully saturated rings. The number of esters is 1. The number of benzene rings is 1. The van der Waals surface area contributed by atoms with Gasteiger partial charge in [-0.3, -0.25) is 0 Å². The molecule has 12 heteroatoms. The summed E-state index contributed by atoms with van der Waals surface area (Å²) in [5, 5.41) is 12.6. The molecule has 172 valence electrons. The molecule has 0 unspecified atom stereocenters. The molecule has 1 aromatic carbocycles. The average molecular weight is 475 g/mol. The Morgan fingerprint density at radius 1 is 1.28 bits per heavy atom. The molecule has 2 aromatic rings. The van der Waals surface area contributed by atoms with E-state index >= 15 is 0 Å². The zero-order valence-electron chi connectivity index (χ0n) is 16.9. The third-order valence-corrected chi connectivity index (χ3v) is 5.13. The van der Waals surface area contributed by atoms with Gasteiger partial charge < -0.3 is 19.7 Å². The highest BCUT2D eigenvalue weighted by atomic mass is 35.5. The SMILES string of the molecule is CCOC(=O)c1cnc(N2CCN(C(=NO)c3c(F)cccc3C(F)(F)F)CC2)c(Cl)c1. The standard InChI is InChI=1S/C20H19ClF4N4O3/c1-2-32-19(30)12-10-14(21)17(26-11-12)28-6-8-29(9-7-28)18(27-31)16-13(20(23,24)25)4-3-5-15(16)22/h3-5,10-11,31H,2,6-9H2,1H3. The Bertz CT molecular complexity index is 1020. The molecule has 0 radical (unpaired) electrons. The number of pyridine rings is 1. The van der Waals surface area contributed by atoms with Gasteiger partial charge in [-0.2, -0.15) is 13.2 Å². The van der Waals surface area contributed by atoms with Crippen molar-refractivity contribution in [3.63, 3.8) is 0 Å². The average Bonchev–Trinajstić information content (AvgIpc) is 2.75. The van der Waals surface area contributed by atoms with Crippen molar-refractivity contribution in [3.05, 3.63) is 58.0 Å². The molecule has 1 saturated heterocycles. The summed E-state index contributed by atoms with van der Waals surface area (Å²) in [6.45, 7) is 2.60. The predicted molar refractivity (Wildman–Crippen MR) is 109 cm³/mol. The van der Waals surface area contributed by atoms with Gasteiger partial charge in [0, 0.05) is 32.4 Å². The van der Waals surface area contributed by atoms with E-state index < -0.39 is 34.9 Å². The second-order valence-corrected chi connectivity index (χ2v) is 7.21. The maximum atomic E-state index is 14.3. The molecule has 1 aliphatic heterocycles. The largest absolute Gasteiger partial charge is 0.462 e. The summed E-state index contributed by atoms with van der Waals surface area (Å²) in [5.74, 6) is -1.84. The fourth-order valence-electron chi connectivity index (χ4n) is 3.38. The molecule has 0 saturated carbocycles. The van der Waals surface area contributed by atoms with Gasteiger partial charge in [0.25, 0.3) is 0 Å². The number of anilines is 1. The molecular weight excluding hydrogens is 456 g/mol. The summed E-state index contributed by atoms with van der Waals surface area (Å²) in [4.78, 5) is 19.1. The van der Waals surface area contributed by atoms with Crippen LogP contribution in [0.1, 0.15) is 28.4 Å². The Labute approximate surface area is 185 Å². The normalized spacial score (nSPS) is 15.1. The number of hydrogen-bond donors (Lipinski definition) is 1. The molecule has 0 bridgehead atoms. The third kappa shape index (κ3) is 4.87. The molecule has 7 nitrogen and oxygen atoms in total. The number of nitrogens with zero attached hydrogens (tertiary/aromatic N) is 4. The minimum atomic E-state index is -4.83. The van der Waals surface area contributed by atoms with Crippen LogP contribution in [-0.2, 0) is 10.9 Å². The van der Waals surface area contributed by atoms with Crippen molar-refractivity contribution in [2.24, 2.45) is 5.16 Å². The number of ether oxygens (including phenoxy) is 1. The number of oxime groups is 1. The van der Waals surface area contributed by atoms with Crippen molar-refractivity contribution in [2.45, 2.75) is 13.1 Å². The number of rotatable bonds is 4. The second kappa shape index (κ2) is 9.60. The Morgan fingerprint density at radius 2 is 1.97 bits per heavy atom. The number of halogens is 5. The first-order chi connectivity index (χ1) is 15.2. The Kier molecular flexibility index (Phi) is 7.07. The quantitative estimate of drug-likeness (QED) is 0.180. The van der Waals surface area contributed by atoms with E-state index in [1.54, 1.807) is 11.8 Å². The molecule has 1 aromatic heterocycles. The van der Waals surface area contributed by atoms with Crippen molar-refractivity contribution in [1.82, 2.24) is 9.88 Å². The first-order valence-corrected chi connectivity index (χ1v) is 9.95. The lowest BCUT2D eigenvalue weighted by Crippen LogP contribution is -2.50. The van der Waals surface area contributed by atoms with Gasteiger partial charge in [-0.05, 0) is 25.1 Å². The number of carbonyl (C=O) groups excluding carboxylic acids is 1. The van der Waals surface area contributed by atoms with Crippen LogP contribution in [0.25, 0.3) is 0 Å². The van der Waals surface area contributed by atoms with E-state index in [1.165, 1.54) is 17.2 Å². The van der Waals surface area contributed by atoms with Gasteiger partial charge in [-0.15, -0.1) is 0 Å². The third-order valence-electron chi connectivity index (χ3n) is 4.85. The highest BCUT2D eigenvalue weighted by Crippen LogP contribution is 2.34. The van der Waals surface area contributed by atoms with Crippen LogP contribution in [0.2, 0.25) is 5.02 Å². The molecule has 0 aliphatic carbocycles. The van der Waals surface area contributed by atoms with Crippen LogP contribution in [0.15, 0.2) is 35.6 Å². The summed E-state index contributed by atoms with van der Waals surface area (Å²) in [5.41, 5.74) is -1.86. The van der Waals surface area contributed by atoms with Crippen molar-refractivity contribution in [2.75, 3.05) is 37.7 Å². The van der Waals surface area contributed by atoms with Crippen molar-refractivity contribution in [3.8, 4) is 0 Å². The van der Waals surface area contributed by atoms with Crippen LogP contribution in [0, 0.1) is 5.82 Å². The van der Waals surface area contributed by atoms with E-state index in [9.17, 15) is 27.6 Å². The van der Waals surface area contributed by atoms with Crippen LogP contribution >= 0.6 is 11.6 Å². The lowest BCUT2D eigenvalue weighted by Gasteiger charge is -2.37. The Hall–Kier alpha value is -3.08. The van der Waals surface area contributed by atoms with Crippen molar-refractivity contribution < 1.29 is 32.3 Å². The monoisotopic (exact) mass is 474 g/mol.